The van der Waals surface area contributed by atoms with Crippen LogP contribution in [0.25, 0.3) is 5.65 Å². The number of amides is 1. The van der Waals surface area contributed by atoms with E-state index in [2.05, 4.69) is 28.2 Å². The Bertz CT molecular complexity index is 771. The molecule has 0 aliphatic carbocycles. The van der Waals surface area contributed by atoms with E-state index in [1.807, 2.05) is 10.7 Å². The molecule has 7 nitrogen and oxygen atoms in total. The molecule has 2 aromatic rings. The largest absolute Gasteiger partial charge is 0.369 e. The number of nitrogens with one attached hydrogen (secondary N) is 1. The van der Waals surface area contributed by atoms with Crippen LogP contribution in [0.5, 0.6) is 0 Å². The first-order valence-electron chi connectivity index (χ1n) is 9.19. The quantitative estimate of drug-likeness (QED) is 0.858. The van der Waals surface area contributed by atoms with E-state index in [1.165, 1.54) is 11.3 Å². The number of carbonyl (C=O) groups is 1. The van der Waals surface area contributed by atoms with Gasteiger partial charge in [0.25, 0.3) is 0 Å². The molecule has 4 rings (SSSR count). The van der Waals surface area contributed by atoms with Gasteiger partial charge in [0.2, 0.25) is 5.91 Å². The molecule has 0 bridgehead atoms. The van der Waals surface area contributed by atoms with Gasteiger partial charge in [0.1, 0.15) is 0 Å². The molecular formula is C18H26N6O. The molecule has 134 valence electrons. The van der Waals surface area contributed by atoms with Crippen molar-refractivity contribution < 1.29 is 4.79 Å². The van der Waals surface area contributed by atoms with Crippen molar-refractivity contribution >= 4 is 11.6 Å². The first-order chi connectivity index (χ1) is 12.1. The first-order valence-corrected chi connectivity index (χ1v) is 9.19. The van der Waals surface area contributed by atoms with Gasteiger partial charge >= 0.3 is 0 Å². The standard InChI is InChI=1S/C18H26N6O/c1-12-15(11-23-8-4-13(5-9-23)17(19)25)18-21-7-3-16(24(18)22-12)14-2-6-20-10-14/h3,7,13-14,20H,2,4-6,8-11H2,1H3,(H2,19,25). The van der Waals surface area contributed by atoms with Crippen molar-refractivity contribution in [1.29, 1.82) is 0 Å². The Kier molecular flexibility index (Phi) is 4.43. The number of fused-ring (bicyclic) bond motifs is 1. The van der Waals surface area contributed by atoms with Crippen molar-refractivity contribution in [3.8, 4) is 0 Å². The number of hydrogen-bond acceptors (Lipinski definition) is 5. The van der Waals surface area contributed by atoms with Crippen LogP contribution in [-0.2, 0) is 11.3 Å². The molecule has 3 N–H and O–H groups in total. The number of aryl methyl sites for hydroxylation is 1. The van der Waals surface area contributed by atoms with Crippen LogP contribution < -0.4 is 11.1 Å². The minimum absolute atomic E-state index is 0.0286. The average molecular weight is 342 g/mol. The molecule has 4 heterocycles. The molecule has 2 saturated heterocycles. The number of nitrogens with zero attached hydrogens (tertiary/aromatic N) is 4. The van der Waals surface area contributed by atoms with Gasteiger partial charge in [-0.1, -0.05) is 0 Å². The highest BCUT2D eigenvalue weighted by Crippen LogP contribution is 2.26. The van der Waals surface area contributed by atoms with Crippen molar-refractivity contribution in [3.05, 3.63) is 29.2 Å². The fourth-order valence-corrected chi connectivity index (χ4v) is 4.12. The third-order valence-corrected chi connectivity index (χ3v) is 5.69. The predicted molar refractivity (Wildman–Crippen MR) is 95.1 cm³/mol. The van der Waals surface area contributed by atoms with E-state index in [0.29, 0.717) is 5.92 Å². The molecule has 1 amide bonds. The number of likely N-dealkylation sites (tertiary alicyclic amines) is 1. The zero-order chi connectivity index (χ0) is 17.4. The Labute approximate surface area is 147 Å². The highest BCUT2D eigenvalue weighted by atomic mass is 16.1. The second-order valence-corrected chi connectivity index (χ2v) is 7.31. The van der Waals surface area contributed by atoms with Crippen LogP contribution in [0.15, 0.2) is 12.3 Å². The number of hydrogen-bond donors (Lipinski definition) is 2. The maximum atomic E-state index is 11.3. The van der Waals surface area contributed by atoms with Gasteiger partial charge < -0.3 is 11.1 Å². The Morgan fingerprint density at radius 1 is 1.36 bits per heavy atom. The third-order valence-electron chi connectivity index (χ3n) is 5.69. The van der Waals surface area contributed by atoms with Gasteiger partial charge in [-0.25, -0.2) is 9.50 Å². The van der Waals surface area contributed by atoms with E-state index in [-0.39, 0.29) is 11.8 Å². The van der Waals surface area contributed by atoms with Gasteiger partial charge in [-0.3, -0.25) is 9.69 Å². The summed E-state index contributed by atoms with van der Waals surface area (Å²) >= 11 is 0. The second kappa shape index (κ2) is 6.72. The Hall–Kier alpha value is -1.99. The molecule has 0 radical (unpaired) electrons. The van der Waals surface area contributed by atoms with E-state index in [9.17, 15) is 4.79 Å². The van der Waals surface area contributed by atoms with Crippen LogP contribution in [-0.4, -0.2) is 51.6 Å². The topological polar surface area (TPSA) is 88.6 Å². The molecular weight excluding hydrogens is 316 g/mol. The monoisotopic (exact) mass is 342 g/mol. The lowest BCUT2D eigenvalue weighted by molar-refractivity contribution is -0.123. The molecule has 0 saturated carbocycles. The minimum atomic E-state index is -0.164. The van der Waals surface area contributed by atoms with Crippen LogP contribution in [0, 0.1) is 12.8 Å². The van der Waals surface area contributed by atoms with Gasteiger partial charge in [0.05, 0.1) is 11.4 Å². The highest BCUT2D eigenvalue weighted by molar-refractivity contribution is 5.76. The van der Waals surface area contributed by atoms with Crippen molar-refractivity contribution in [1.82, 2.24) is 24.8 Å². The van der Waals surface area contributed by atoms with Gasteiger partial charge in [-0.05, 0) is 51.9 Å². The summed E-state index contributed by atoms with van der Waals surface area (Å²) in [5.74, 6) is 0.369. The molecule has 0 aromatic carbocycles. The normalized spacial score (nSPS) is 22.7. The van der Waals surface area contributed by atoms with Crippen LogP contribution >= 0.6 is 0 Å². The number of rotatable bonds is 4. The number of nitrogens with two attached hydrogens (primary N) is 1. The summed E-state index contributed by atoms with van der Waals surface area (Å²) < 4.78 is 2.04. The average Bonchev–Trinajstić information content (AvgIpc) is 3.24. The van der Waals surface area contributed by atoms with Crippen molar-refractivity contribution in [2.45, 2.75) is 38.6 Å². The maximum absolute atomic E-state index is 11.3. The third kappa shape index (κ3) is 3.14. The van der Waals surface area contributed by atoms with Crippen LogP contribution in [0.4, 0.5) is 0 Å². The smallest absolute Gasteiger partial charge is 0.220 e. The van der Waals surface area contributed by atoms with E-state index < -0.39 is 0 Å². The summed E-state index contributed by atoms with van der Waals surface area (Å²) in [5, 5.41) is 8.22. The molecule has 1 unspecified atom stereocenters. The predicted octanol–water partition coefficient (Wildman–Crippen LogP) is 0.812. The summed E-state index contributed by atoms with van der Waals surface area (Å²) in [6.07, 6.45) is 4.75. The fourth-order valence-electron chi connectivity index (χ4n) is 4.12. The molecule has 25 heavy (non-hydrogen) atoms. The van der Waals surface area contributed by atoms with Crippen LogP contribution in [0.2, 0.25) is 0 Å². The van der Waals surface area contributed by atoms with Gasteiger partial charge in [0, 0.05) is 36.7 Å². The van der Waals surface area contributed by atoms with E-state index >= 15 is 0 Å². The fraction of sp³-hybridized carbons (Fsp3) is 0.611. The lowest BCUT2D eigenvalue weighted by atomic mass is 9.96. The molecule has 1 atom stereocenters. The summed E-state index contributed by atoms with van der Waals surface area (Å²) in [6.45, 7) is 6.77. The molecule has 2 aliphatic rings. The summed E-state index contributed by atoms with van der Waals surface area (Å²) in [6, 6.07) is 2.10. The Morgan fingerprint density at radius 3 is 2.84 bits per heavy atom. The van der Waals surface area contributed by atoms with Gasteiger partial charge in [-0.2, -0.15) is 5.10 Å². The molecule has 7 heteroatoms. The minimum Gasteiger partial charge on any atom is -0.369 e. The maximum Gasteiger partial charge on any atom is 0.220 e. The van der Waals surface area contributed by atoms with Crippen molar-refractivity contribution in [2.24, 2.45) is 11.7 Å². The lowest BCUT2D eigenvalue weighted by Gasteiger charge is -2.30. The van der Waals surface area contributed by atoms with Crippen LogP contribution in [0.3, 0.4) is 0 Å². The molecule has 2 aromatic heterocycles. The Morgan fingerprint density at radius 2 is 2.16 bits per heavy atom. The highest BCUT2D eigenvalue weighted by Gasteiger charge is 2.26. The number of primary amides is 1. The van der Waals surface area contributed by atoms with Crippen molar-refractivity contribution in [3.63, 3.8) is 0 Å². The SMILES string of the molecule is Cc1nn2c(C3CCNC3)ccnc2c1CN1CCC(C(N)=O)CC1. The van der Waals surface area contributed by atoms with Gasteiger partial charge in [-0.15, -0.1) is 0 Å². The molecule has 2 aliphatic heterocycles. The van der Waals surface area contributed by atoms with E-state index in [4.69, 9.17) is 10.8 Å². The van der Waals surface area contributed by atoms with E-state index in [1.54, 1.807) is 0 Å². The number of piperidine rings is 1. The van der Waals surface area contributed by atoms with Gasteiger partial charge in [0.15, 0.2) is 5.65 Å². The first kappa shape index (κ1) is 16.5. The zero-order valence-corrected chi connectivity index (χ0v) is 14.7. The summed E-state index contributed by atoms with van der Waals surface area (Å²) in [4.78, 5) is 18.4. The van der Waals surface area contributed by atoms with E-state index in [0.717, 1.165) is 63.3 Å². The second-order valence-electron chi connectivity index (χ2n) is 7.31. The zero-order valence-electron chi connectivity index (χ0n) is 14.7. The summed E-state index contributed by atoms with van der Waals surface area (Å²) in [5.41, 5.74) is 9.90. The van der Waals surface area contributed by atoms with Crippen molar-refractivity contribution in [2.75, 3.05) is 26.2 Å². The molecule has 2 fully saturated rings. The lowest BCUT2D eigenvalue weighted by Crippen LogP contribution is -2.38. The summed E-state index contributed by atoms with van der Waals surface area (Å²) in [7, 11) is 0. The molecule has 0 spiro atoms. The number of carbonyl (C=O) groups excluding carboxylic acids is 1. The Balaban J connectivity index is 1.57. The number of aromatic nitrogens is 3. The van der Waals surface area contributed by atoms with Crippen LogP contribution in [0.1, 0.15) is 42.1 Å².